The van der Waals surface area contributed by atoms with E-state index in [0.29, 0.717) is 11.1 Å². The lowest BCUT2D eigenvalue weighted by molar-refractivity contribution is -0.384. The van der Waals surface area contributed by atoms with E-state index in [1.54, 1.807) is 24.3 Å². The van der Waals surface area contributed by atoms with Crippen molar-refractivity contribution in [3.05, 3.63) is 70.0 Å². The van der Waals surface area contributed by atoms with E-state index in [0.717, 1.165) is 0 Å². The van der Waals surface area contributed by atoms with E-state index in [9.17, 15) is 14.9 Å². The van der Waals surface area contributed by atoms with Gasteiger partial charge < -0.3 is 5.48 Å². The first-order chi connectivity index (χ1) is 9.66. The van der Waals surface area contributed by atoms with Crippen LogP contribution in [0.2, 0.25) is 0 Å². The molecule has 0 aliphatic heterocycles. The van der Waals surface area contributed by atoms with Crippen molar-refractivity contribution in [2.45, 2.75) is 0 Å². The maximum atomic E-state index is 11.6. The average molecular weight is 288 g/mol. The number of benzene rings is 1. The molecule has 0 unspecified atom stereocenters. The lowest BCUT2D eigenvalue weighted by atomic mass is 10.2. The van der Waals surface area contributed by atoms with E-state index < -0.39 is 4.92 Å². The third-order valence-electron chi connectivity index (χ3n) is 2.40. The number of nitrogens with one attached hydrogen (secondary N) is 1. The highest BCUT2D eigenvalue weighted by molar-refractivity contribution is 5.94. The molecule has 0 radical (unpaired) electrons. The van der Waals surface area contributed by atoms with Gasteiger partial charge in [-0.05, 0) is 12.1 Å². The van der Waals surface area contributed by atoms with Crippen molar-refractivity contribution >= 4 is 17.8 Å². The molecule has 0 fully saturated rings. The SMILES string of the molecule is O.O=C(N/N=C/c1cccc([N+](=O)[O-])c1)c1ccncc1. The van der Waals surface area contributed by atoms with Gasteiger partial charge in [0.2, 0.25) is 0 Å². The van der Waals surface area contributed by atoms with Crippen LogP contribution >= 0.6 is 0 Å². The van der Waals surface area contributed by atoms with Crippen LogP contribution in [0.15, 0.2) is 53.9 Å². The summed E-state index contributed by atoms with van der Waals surface area (Å²) >= 11 is 0. The van der Waals surface area contributed by atoms with Crippen molar-refractivity contribution in [1.82, 2.24) is 10.4 Å². The molecule has 0 bridgehead atoms. The molecule has 1 aromatic carbocycles. The molecule has 0 aliphatic carbocycles. The van der Waals surface area contributed by atoms with E-state index in [1.807, 2.05) is 0 Å². The van der Waals surface area contributed by atoms with E-state index in [4.69, 9.17) is 0 Å². The van der Waals surface area contributed by atoms with E-state index in [1.165, 1.54) is 30.7 Å². The molecule has 21 heavy (non-hydrogen) atoms. The molecule has 8 nitrogen and oxygen atoms in total. The summed E-state index contributed by atoms with van der Waals surface area (Å²) in [5.74, 6) is -0.380. The molecule has 8 heteroatoms. The van der Waals surface area contributed by atoms with Crippen LogP contribution in [0.4, 0.5) is 5.69 Å². The zero-order chi connectivity index (χ0) is 14.4. The first-order valence-electron chi connectivity index (χ1n) is 5.65. The molecule has 0 spiro atoms. The first kappa shape index (κ1) is 15.9. The molecule has 0 saturated carbocycles. The monoisotopic (exact) mass is 288 g/mol. The van der Waals surface area contributed by atoms with Crippen molar-refractivity contribution in [1.29, 1.82) is 0 Å². The van der Waals surface area contributed by atoms with Crippen molar-refractivity contribution < 1.29 is 15.2 Å². The lowest BCUT2D eigenvalue weighted by Crippen LogP contribution is -2.17. The molecule has 0 saturated heterocycles. The standard InChI is InChI=1S/C13H10N4O3.H2O/c18-13(11-4-6-14-7-5-11)16-15-9-10-2-1-3-12(8-10)17(19)20;/h1-9H,(H,16,18);1H2/b15-9+;. The fourth-order valence-electron chi connectivity index (χ4n) is 1.45. The second-order valence-electron chi connectivity index (χ2n) is 3.79. The minimum atomic E-state index is -0.493. The highest BCUT2D eigenvalue weighted by Gasteiger charge is 2.05. The Morgan fingerprint density at radius 3 is 2.67 bits per heavy atom. The number of hydrogen-bond acceptors (Lipinski definition) is 5. The number of amides is 1. The number of rotatable bonds is 4. The van der Waals surface area contributed by atoms with Crippen molar-refractivity contribution in [3.63, 3.8) is 0 Å². The van der Waals surface area contributed by atoms with E-state index in [-0.39, 0.29) is 17.1 Å². The summed E-state index contributed by atoms with van der Waals surface area (Å²) in [6.07, 6.45) is 4.34. The van der Waals surface area contributed by atoms with E-state index >= 15 is 0 Å². The van der Waals surface area contributed by atoms with Crippen LogP contribution in [0.3, 0.4) is 0 Å². The van der Waals surface area contributed by atoms with Gasteiger partial charge in [0.05, 0.1) is 11.1 Å². The first-order valence-corrected chi connectivity index (χ1v) is 5.65. The largest absolute Gasteiger partial charge is 0.412 e. The predicted molar refractivity (Wildman–Crippen MR) is 76.0 cm³/mol. The van der Waals surface area contributed by atoms with Gasteiger partial charge in [-0.25, -0.2) is 5.43 Å². The number of nitro benzene ring substituents is 1. The lowest BCUT2D eigenvalue weighted by Gasteiger charge is -1.98. The van der Waals surface area contributed by atoms with Gasteiger partial charge in [-0.1, -0.05) is 12.1 Å². The Morgan fingerprint density at radius 2 is 2.00 bits per heavy atom. The number of aromatic nitrogens is 1. The van der Waals surface area contributed by atoms with Gasteiger partial charge in [-0.15, -0.1) is 0 Å². The van der Waals surface area contributed by atoms with Gasteiger partial charge in [-0.2, -0.15) is 5.10 Å². The summed E-state index contributed by atoms with van der Waals surface area (Å²) in [4.78, 5) is 25.6. The van der Waals surface area contributed by atoms with Gasteiger partial charge in [-0.3, -0.25) is 19.9 Å². The summed E-state index contributed by atoms with van der Waals surface area (Å²) in [7, 11) is 0. The maximum absolute atomic E-state index is 11.6. The third kappa shape index (κ3) is 4.48. The fourth-order valence-corrected chi connectivity index (χ4v) is 1.45. The number of hydrogen-bond donors (Lipinski definition) is 1. The normalized spacial score (nSPS) is 9.90. The van der Waals surface area contributed by atoms with Gasteiger partial charge in [0.25, 0.3) is 11.6 Å². The Kier molecular flexibility index (Phi) is 5.66. The molecule has 0 atom stereocenters. The van der Waals surface area contributed by atoms with Crippen LogP contribution in [-0.4, -0.2) is 27.5 Å². The Bertz CT molecular complexity index is 658. The Balaban J connectivity index is 0.00000220. The average Bonchev–Trinajstić information content (AvgIpc) is 2.48. The molecular weight excluding hydrogens is 276 g/mol. The fraction of sp³-hybridized carbons (Fsp3) is 0. The van der Waals surface area contributed by atoms with Gasteiger partial charge in [0.15, 0.2) is 0 Å². The number of nitro groups is 1. The topological polar surface area (TPSA) is 129 Å². The molecular formula is C13H12N4O4. The van der Waals surface area contributed by atoms with Crippen molar-refractivity contribution in [2.75, 3.05) is 0 Å². The number of nitrogens with zero attached hydrogens (tertiary/aromatic N) is 3. The van der Waals surface area contributed by atoms with Gasteiger partial charge in [0.1, 0.15) is 0 Å². The second-order valence-corrected chi connectivity index (χ2v) is 3.79. The van der Waals surface area contributed by atoms with Crippen molar-refractivity contribution in [2.24, 2.45) is 5.10 Å². The predicted octanol–water partition coefficient (Wildman–Crippen LogP) is 0.929. The quantitative estimate of drug-likeness (QED) is 0.509. The van der Waals surface area contributed by atoms with Crippen LogP contribution < -0.4 is 5.43 Å². The van der Waals surface area contributed by atoms with Gasteiger partial charge in [0, 0.05) is 35.7 Å². The minimum absolute atomic E-state index is 0. The molecule has 108 valence electrons. The molecule has 0 aliphatic rings. The molecule has 1 heterocycles. The minimum Gasteiger partial charge on any atom is -0.412 e. The van der Waals surface area contributed by atoms with Crippen LogP contribution in [0.5, 0.6) is 0 Å². The van der Waals surface area contributed by atoms with Crippen LogP contribution in [0, 0.1) is 10.1 Å². The van der Waals surface area contributed by atoms with Crippen LogP contribution in [0.25, 0.3) is 0 Å². The zero-order valence-electron chi connectivity index (χ0n) is 10.8. The number of carbonyl (C=O) groups is 1. The molecule has 2 aromatic rings. The zero-order valence-corrected chi connectivity index (χ0v) is 10.8. The smallest absolute Gasteiger partial charge is 0.271 e. The van der Waals surface area contributed by atoms with Crippen molar-refractivity contribution in [3.8, 4) is 0 Å². The summed E-state index contributed by atoms with van der Waals surface area (Å²) in [5.41, 5.74) is 3.25. The number of hydrazone groups is 1. The summed E-state index contributed by atoms with van der Waals surface area (Å²) in [5, 5.41) is 14.4. The summed E-state index contributed by atoms with van der Waals surface area (Å²) in [6, 6.07) is 9.05. The Hall–Kier alpha value is -3.13. The highest BCUT2D eigenvalue weighted by Crippen LogP contribution is 2.11. The van der Waals surface area contributed by atoms with Crippen LogP contribution in [-0.2, 0) is 0 Å². The second kappa shape index (κ2) is 7.46. The Labute approximate surface area is 119 Å². The van der Waals surface area contributed by atoms with E-state index in [2.05, 4.69) is 15.5 Å². The number of carbonyl (C=O) groups excluding carboxylic acids is 1. The van der Waals surface area contributed by atoms with Crippen LogP contribution in [0.1, 0.15) is 15.9 Å². The molecule has 3 N–H and O–H groups in total. The van der Waals surface area contributed by atoms with Gasteiger partial charge >= 0.3 is 0 Å². The Morgan fingerprint density at radius 1 is 1.29 bits per heavy atom. The summed E-state index contributed by atoms with van der Waals surface area (Å²) in [6.45, 7) is 0. The third-order valence-corrected chi connectivity index (χ3v) is 2.40. The molecule has 2 rings (SSSR count). The maximum Gasteiger partial charge on any atom is 0.271 e. The highest BCUT2D eigenvalue weighted by atomic mass is 16.6. The number of non-ortho nitro benzene ring substituents is 1. The molecule has 1 amide bonds. The molecule has 1 aromatic heterocycles. The number of pyridine rings is 1. The summed E-state index contributed by atoms with van der Waals surface area (Å²) < 4.78 is 0.